The van der Waals surface area contributed by atoms with E-state index in [1.54, 1.807) is 35.6 Å². The molecule has 1 aromatic heterocycles. The molecule has 7 heteroatoms. The molecule has 1 aliphatic rings. The molecule has 0 fully saturated rings. The van der Waals surface area contributed by atoms with E-state index in [0.717, 1.165) is 43.4 Å². The Morgan fingerprint density at radius 3 is 2.81 bits per heavy atom. The van der Waals surface area contributed by atoms with Gasteiger partial charge in [0.1, 0.15) is 16.8 Å². The Balaban J connectivity index is 1.58. The zero-order valence-corrected chi connectivity index (χ0v) is 16.8. The number of benzene rings is 1. The van der Waals surface area contributed by atoms with Crippen molar-refractivity contribution >= 4 is 39.6 Å². The maximum atomic E-state index is 12.4. The van der Waals surface area contributed by atoms with Gasteiger partial charge in [-0.25, -0.2) is 0 Å². The third-order valence-electron chi connectivity index (χ3n) is 4.37. The van der Waals surface area contributed by atoms with E-state index < -0.39 is 0 Å². The second-order valence-corrected chi connectivity index (χ2v) is 7.82. The molecule has 0 radical (unpaired) electrons. The molecule has 1 aliphatic carbocycles. The number of nitrogens with zero attached hydrogens (tertiary/aromatic N) is 1. The SMILES string of the molecule is CCCCOc1ccc(C(=O)NC(=S)Nc2sc3c(c2C#N)CCC3)cc1. The molecule has 140 valence electrons. The van der Waals surface area contributed by atoms with Crippen LogP contribution in [0.5, 0.6) is 5.75 Å². The highest BCUT2D eigenvalue weighted by molar-refractivity contribution is 7.80. The van der Waals surface area contributed by atoms with Crippen LogP contribution in [-0.2, 0) is 12.8 Å². The van der Waals surface area contributed by atoms with Crippen LogP contribution in [0.1, 0.15) is 52.5 Å². The number of fused-ring (bicyclic) bond motifs is 1. The van der Waals surface area contributed by atoms with Gasteiger partial charge in [-0.3, -0.25) is 10.1 Å². The average molecular weight is 400 g/mol. The summed E-state index contributed by atoms with van der Waals surface area (Å²) in [6, 6.07) is 9.22. The molecule has 0 aliphatic heterocycles. The first-order valence-corrected chi connectivity index (χ1v) is 10.2. The summed E-state index contributed by atoms with van der Waals surface area (Å²) < 4.78 is 5.60. The van der Waals surface area contributed by atoms with Gasteiger partial charge in [0.25, 0.3) is 5.91 Å². The number of anilines is 1. The summed E-state index contributed by atoms with van der Waals surface area (Å²) in [5.74, 6) is 0.447. The van der Waals surface area contributed by atoms with Crippen LogP contribution < -0.4 is 15.4 Å². The van der Waals surface area contributed by atoms with Crippen LogP contribution in [0.25, 0.3) is 0 Å². The molecular formula is C20H21N3O2S2. The lowest BCUT2D eigenvalue weighted by molar-refractivity contribution is 0.0977. The Hall–Kier alpha value is -2.43. The molecule has 1 amide bonds. The van der Waals surface area contributed by atoms with Crippen LogP contribution in [-0.4, -0.2) is 17.6 Å². The van der Waals surface area contributed by atoms with Crippen LogP contribution in [0.4, 0.5) is 5.00 Å². The third-order valence-corrected chi connectivity index (χ3v) is 5.78. The number of nitriles is 1. The van der Waals surface area contributed by atoms with Crippen molar-refractivity contribution in [1.29, 1.82) is 5.26 Å². The van der Waals surface area contributed by atoms with E-state index in [1.807, 2.05) is 0 Å². The highest BCUT2D eigenvalue weighted by Gasteiger charge is 2.22. The molecule has 0 saturated carbocycles. The monoisotopic (exact) mass is 399 g/mol. The number of thiocarbonyl (C=S) groups is 1. The van der Waals surface area contributed by atoms with E-state index in [1.165, 1.54) is 4.88 Å². The smallest absolute Gasteiger partial charge is 0.257 e. The number of aryl methyl sites for hydroxylation is 1. The molecule has 0 unspecified atom stereocenters. The predicted octanol–water partition coefficient (Wildman–Crippen LogP) is 4.41. The first kappa shape index (κ1) is 19.3. The number of thiophene rings is 1. The first-order valence-electron chi connectivity index (χ1n) is 9.02. The van der Waals surface area contributed by atoms with Gasteiger partial charge in [0.05, 0.1) is 12.2 Å². The maximum absolute atomic E-state index is 12.4. The minimum Gasteiger partial charge on any atom is -0.494 e. The van der Waals surface area contributed by atoms with Gasteiger partial charge in [0, 0.05) is 10.4 Å². The van der Waals surface area contributed by atoms with E-state index in [4.69, 9.17) is 17.0 Å². The van der Waals surface area contributed by atoms with E-state index in [9.17, 15) is 10.1 Å². The summed E-state index contributed by atoms with van der Waals surface area (Å²) in [7, 11) is 0. The molecule has 0 saturated heterocycles. The molecule has 0 atom stereocenters. The van der Waals surface area contributed by atoms with Gasteiger partial charge < -0.3 is 10.1 Å². The fourth-order valence-electron chi connectivity index (χ4n) is 2.96. The fraction of sp³-hybridized carbons (Fsp3) is 0.350. The van der Waals surface area contributed by atoms with E-state index >= 15 is 0 Å². The average Bonchev–Trinajstić information content (AvgIpc) is 3.23. The van der Waals surface area contributed by atoms with Crippen molar-refractivity contribution in [2.75, 3.05) is 11.9 Å². The number of carbonyl (C=O) groups excluding carboxylic acids is 1. The number of rotatable bonds is 6. The van der Waals surface area contributed by atoms with Crippen LogP contribution in [0.2, 0.25) is 0 Å². The van der Waals surface area contributed by atoms with Crippen molar-refractivity contribution in [1.82, 2.24) is 5.32 Å². The van der Waals surface area contributed by atoms with Crippen molar-refractivity contribution in [3.63, 3.8) is 0 Å². The number of ether oxygens (including phenoxy) is 1. The second kappa shape index (κ2) is 8.98. The molecule has 5 nitrogen and oxygen atoms in total. The third kappa shape index (κ3) is 4.65. The van der Waals surface area contributed by atoms with Gasteiger partial charge in [-0.15, -0.1) is 11.3 Å². The van der Waals surface area contributed by atoms with E-state index in [2.05, 4.69) is 23.6 Å². The number of unbranched alkanes of at least 4 members (excludes halogenated alkanes) is 1. The van der Waals surface area contributed by atoms with Crippen LogP contribution in [0.3, 0.4) is 0 Å². The standard InChI is InChI=1S/C20H21N3O2S2/c1-2-3-11-25-14-9-7-13(8-10-14)18(24)22-20(26)23-19-16(12-21)15-5-4-6-17(15)27-19/h7-10H,2-6,11H2,1H3,(H2,22,23,24,26). The van der Waals surface area contributed by atoms with E-state index in [0.29, 0.717) is 22.7 Å². The number of hydrogen-bond acceptors (Lipinski definition) is 5. The minimum absolute atomic E-state index is 0.194. The Bertz CT molecular complexity index is 882. The lowest BCUT2D eigenvalue weighted by Gasteiger charge is -2.10. The summed E-state index contributed by atoms with van der Waals surface area (Å²) >= 11 is 6.80. The molecule has 0 spiro atoms. The van der Waals surface area contributed by atoms with Gasteiger partial charge in [-0.05, 0) is 67.7 Å². The van der Waals surface area contributed by atoms with Crippen LogP contribution >= 0.6 is 23.6 Å². The zero-order valence-electron chi connectivity index (χ0n) is 15.1. The lowest BCUT2D eigenvalue weighted by Crippen LogP contribution is -2.34. The quantitative estimate of drug-likeness (QED) is 0.556. The topological polar surface area (TPSA) is 74.2 Å². The van der Waals surface area contributed by atoms with Gasteiger partial charge in [-0.1, -0.05) is 13.3 Å². The number of amides is 1. The van der Waals surface area contributed by atoms with Crippen molar-refractivity contribution in [2.45, 2.75) is 39.0 Å². The van der Waals surface area contributed by atoms with Gasteiger partial charge >= 0.3 is 0 Å². The maximum Gasteiger partial charge on any atom is 0.257 e. The summed E-state index contributed by atoms with van der Waals surface area (Å²) in [6.07, 6.45) is 5.10. The summed E-state index contributed by atoms with van der Waals surface area (Å²) in [6.45, 7) is 2.78. The molecule has 27 heavy (non-hydrogen) atoms. The molecule has 0 bridgehead atoms. The van der Waals surface area contributed by atoms with Gasteiger partial charge in [-0.2, -0.15) is 5.26 Å². The van der Waals surface area contributed by atoms with Crippen LogP contribution in [0, 0.1) is 11.3 Å². The van der Waals surface area contributed by atoms with E-state index in [-0.39, 0.29) is 11.0 Å². The summed E-state index contributed by atoms with van der Waals surface area (Å²) in [4.78, 5) is 13.6. The Morgan fingerprint density at radius 1 is 1.33 bits per heavy atom. The summed E-state index contributed by atoms with van der Waals surface area (Å²) in [5.41, 5.74) is 2.27. The van der Waals surface area contributed by atoms with Gasteiger partial charge in [0.15, 0.2) is 5.11 Å². The van der Waals surface area contributed by atoms with Crippen molar-refractivity contribution in [3.8, 4) is 11.8 Å². The predicted molar refractivity (Wildman–Crippen MR) is 112 cm³/mol. The van der Waals surface area contributed by atoms with Crippen molar-refractivity contribution < 1.29 is 9.53 Å². The molecular weight excluding hydrogens is 378 g/mol. The molecule has 1 heterocycles. The summed E-state index contributed by atoms with van der Waals surface area (Å²) in [5, 5.41) is 16.0. The Labute approximate surface area is 168 Å². The Morgan fingerprint density at radius 2 is 2.11 bits per heavy atom. The Kier molecular flexibility index (Phi) is 6.43. The normalized spacial score (nSPS) is 12.1. The second-order valence-electron chi connectivity index (χ2n) is 6.31. The molecule has 3 rings (SSSR count). The molecule has 2 aromatic rings. The van der Waals surface area contributed by atoms with Crippen molar-refractivity contribution in [2.24, 2.45) is 0 Å². The minimum atomic E-state index is -0.296. The fourth-order valence-corrected chi connectivity index (χ4v) is 4.46. The first-order chi connectivity index (χ1) is 13.1. The highest BCUT2D eigenvalue weighted by Crippen LogP contribution is 2.38. The van der Waals surface area contributed by atoms with Crippen molar-refractivity contribution in [3.05, 3.63) is 45.8 Å². The molecule has 1 aromatic carbocycles. The largest absolute Gasteiger partial charge is 0.494 e. The van der Waals surface area contributed by atoms with Crippen LogP contribution in [0.15, 0.2) is 24.3 Å². The van der Waals surface area contributed by atoms with Gasteiger partial charge in [0.2, 0.25) is 0 Å². The lowest BCUT2D eigenvalue weighted by atomic mass is 10.1. The number of nitrogens with one attached hydrogen (secondary N) is 2. The number of hydrogen-bond donors (Lipinski definition) is 2. The molecule has 2 N–H and O–H groups in total. The zero-order chi connectivity index (χ0) is 19.2. The highest BCUT2D eigenvalue weighted by atomic mass is 32.1. The number of carbonyl (C=O) groups is 1.